The van der Waals surface area contributed by atoms with E-state index in [-0.39, 0.29) is 0 Å². The first-order valence-corrected chi connectivity index (χ1v) is 6.68. The van der Waals surface area contributed by atoms with Crippen molar-refractivity contribution in [3.63, 3.8) is 0 Å². The zero-order chi connectivity index (χ0) is 11.1. The molecule has 0 aromatic heterocycles. The van der Waals surface area contributed by atoms with Gasteiger partial charge in [0.25, 0.3) is 0 Å². The molecular weight excluding hydrogens is 241 g/mol. The van der Waals surface area contributed by atoms with Gasteiger partial charge in [0.05, 0.1) is 10.0 Å². The number of rotatable bonds is 4. The first kappa shape index (κ1) is 10.9. The van der Waals surface area contributed by atoms with E-state index in [2.05, 4.69) is 11.4 Å². The standard InChI is InChI=1S/C13H15Cl2N/c14-12-4-1-8(6-13(12)15)11-5-9(11)7-16-10-2-3-10/h1,4,6,9-11,16H,2-3,5,7H2. The minimum absolute atomic E-state index is 0.652. The molecule has 2 saturated carbocycles. The van der Waals surface area contributed by atoms with Gasteiger partial charge in [0, 0.05) is 6.04 Å². The molecule has 2 atom stereocenters. The second-order valence-corrected chi connectivity index (χ2v) is 5.77. The van der Waals surface area contributed by atoms with Crippen molar-refractivity contribution in [1.29, 1.82) is 0 Å². The highest BCUT2D eigenvalue weighted by Gasteiger charge is 2.39. The number of benzene rings is 1. The van der Waals surface area contributed by atoms with Crippen molar-refractivity contribution in [2.45, 2.75) is 31.2 Å². The molecular formula is C13H15Cl2N. The van der Waals surface area contributed by atoms with Gasteiger partial charge >= 0.3 is 0 Å². The second kappa shape index (κ2) is 4.21. The van der Waals surface area contributed by atoms with Gasteiger partial charge in [-0.15, -0.1) is 0 Å². The van der Waals surface area contributed by atoms with Crippen LogP contribution in [0.2, 0.25) is 10.0 Å². The predicted octanol–water partition coefficient (Wildman–Crippen LogP) is 3.85. The minimum Gasteiger partial charge on any atom is -0.314 e. The van der Waals surface area contributed by atoms with Gasteiger partial charge in [-0.2, -0.15) is 0 Å². The van der Waals surface area contributed by atoms with E-state index in [1.54, 1.807) is 0 Å². The molecule has 2 unspecified atom stereocenters. The Balaban J connectivity index is 1.59. The van der Waals surface area contributed by atoms with E-state index in [1.807, 2.05) is 12.1 Å². The molecule has 0 saturated heterocycles. The van der Waals surface area contributed by atoms with E-state index in [1.165, 1.54) is 24.8 Å². The Morgan fingerprint density at radius 1 is 1.19 bits per heavy atom. The third-order valence-electron chi connectivity index (χ3n) is 3.54. The Morgan fingerprint density at radius 2 is 2.00 bits per heavy atom. The summed E-state index contributed by atoms with van der Waals surface area (Å²) in [5, 5.41) is 4.92. The molecule has 2 aliphatic carbocycles. The van der Waals surface area contributed by atoms with Crippen LogP contribution in [0.5, 0.6) is 0 Å². The molecule has 1 nitrogen and oxygen atoms in total. The number of hydrogen-bond acceptors (Lipinski definition) is 1. The molecule has 86 valence electrons. The molecule has 2 aliphatic rings. The quantitative estimate of drug-likeness (QED) is 0.862. The van der Waals surface area contributed by atoms with Crippen LogP contribution in [0.15, 0.2) is 18.2 Å². The van der Waals surface area contributed by atoms with Gasteiger partial charge in [-0.05, 0) is 55.3 Å². The van der Waals surface area contributed by atoms with Crippen molar-refractivity contribution >= 4 is 23.2 Å². The molecule has 0 heterocycles. The topological polar surface area (TPSA) is 12.0 Å². The van der Waals surface area contributed by atoms with Crippen LogP contribution in [-0.4, -0.2) is 12.6 Å². The van der Waals surface area contributed by atoms with Crippen LogP contribution < -0.4 is 5.32 Å². The summed E-state index contributed by atoms with van der Waals surface area (Å²) in [6, 6.07) is 6.85. The molecule has 3 heteroatoms. The monoisotopic (exact) mass is 255 g/mol. The van der Waals surface area contributed by atoms with E-state index >= 15 is 0 Å². The maximum absolute atomic E-state index is 6.02. The lowest BCUT2D eigenvalue weighted by molar-refractivity contribution is 0.624. The Bertz CT molecular complexity index is 401. The van der Waals surface area contributed by atoms with Crippen molar-refractivity contribution in [1.82, 2.24) is 5.32 Å². The molecule has 2 fully saturated rings. The van der Waals surface area contributed by atoms with Crippen molar-refractivity contribution < 1.29 is 0 Å². The van der Waals surface area contributed by atoms with Gasteiger partial charge in [-0.25, -0.2) is 0 Å². The molecule has 0 bridgehead atoms. The normalized spacial score (nSPS) is 28.1. The number of halogens is 2. The van der Waals surface area contributed by atoms with Crippen LogP contribution in [0.1, 0.15) is 30.7 Å². The molecule has 1 aromatic rings. The van der Waals surface area contributed by atoms with Gasteiger partial charge in [-0.1, -0.05) is 29.3 Å². The molecule has 16 heavy (non-hydrogen) atoms. The van der Waals surface area contributed by atoms with Gasteiger partial charge in [0.1, 0.15) is 0 Å². The molecule has 1 aromatic carbocycles. The molecule has 0 amide bonds. The summed E-state index contributed by atoms with van der Waals surface area (Å²) in [7, 11) is 0. The van der Waals surface area contributed by atoms with Crippen molar-refractivity contribution in [2.75, 3.05) is 6.54 Å². The highest BCUT2D eigenvalue weighted by Crippen LogP contribution is 2.48. The average molecular weight is 256 g/mol. The van der Waals surface area contributed by atoms with E-state index in [0.717, 1.165) is 18.5 Å². The maximum atomic E-state index is 6.02. The SMILES string of the molecule is Clc1ccc(C2CC2CNC2CC2)cc1Cl. The Hall–Kier alpha value is -0.240. The number of hydrogen-bond donors (Lipinski definition) is 1. The summed E-state index contributed by atoms with van der Waals surface area (Å²) in [5.74, 6) is 1.50. The summed E-state index contributed by atoms with van der Waals surface area (Å²) in [4.78, 5) is 0. The Morgan fingerprint density at radius 3 is 2.69 bits per heavy atom. The molecule has 0 spiro atoms. The lowest BCUT2D eigenvalue weighted by Crippen LogP contribution is -2.19. The van der Waals surface area contributed by atoms with Gasteiger partial charge < -0.3 is 5.32 Å². The fourth-order valence-electron chi connectivity index (χ4n) is 2.23. The van der Waals surface area contributed by atoms with Crippen LogP contribution >= 0.6 is 23.2 Å². The molecule has 0 radical (unpaired) electrons. The van der Waals surface area contributed by atoms with Gasteiger partial charge in [0.2, 0.25) is 0 Å². The summed E-state index contributed by atoms with van der Waals surface area (Å²) >= 11 is 11.9. The van der Waals surface area contributed by atoms with Crippen LogP contribution in [0.3, 0.4) is 0 Å². The van der Waals surface area contributed by atoms with Gasteiger partial charge in [0.15, 0.2) is 0 Å². The minimum atomic E-state index is 0.652. The van der Waals surface area contributed by atoms with Gasteiger partial charge in [-0.3, -0.25) is 0 Å². The molecule has 0 aliphatic heterocycles. The highest BCUT2D eigenvalue weighted by molar-refractivity contribution is 6.42. The van der Waals surface area contributed by atoms with Crippen LogP contribution in [0.25, 0.3) is 0 Å². The molecule has 1 N–H and O–H groups in total. The first-order chi connectivity index (χ1) is 7.74. The fraction of sp³-hybridized carbons (Fsp3) is 0.538. The third-order valence-corrected chi connectivity index (χ3v) is 4.28. The predicted molar refractivity (Wildman–Crippen MR) is 68.3 cm³/mol. The Kier molecular flexibility index (Phi) is 2.87. The lowest BCUT2D eigenvalue weighted by atomic mass is 10.1. The fourth-order valence-corrected chi connectivity index (χ4v) is 2.54. The highest BCUT2D eigenvalue weighted by atomic mass is 35.5. The zero-order valence-electron chi connectivity index (χ0n) is 9.05. The largest absolute Gasteiger partial charge is 0.314 e. The van der Waals surface area contributed by atoms with Crippen LogP contribution in [0, 0.1) is 5.92 Å². The summed E-state index contributed by atoms with van der Waals surface area (Å²) < 4.78 is 0. The second-order valence-electron chi connectivity index (χ2n) is 4.96. The lowest BCUT2D eigenvalue weighted by Gasteiger charge is -2.04. The van der Waals surface area contributed by atoms with E-state index in [4.69, 9.17) is 23.2 Å². The summed E-state index contributed by atoms with van der Waals surface area (Å²) in [6.07, 6.45) is 4.02. The van der Waals surface area contributed by atoms with Crippen molar-refractivity contribution in [2.24, 2.45) is 5.92 Å². The van der Waals surface area contributed by atoms with Crippen molar-refractivity contribution in [3.8, 4) is 0 Å². The summed E-state index contributed by atoms with van der Waals surface area (Å²) in [6.45, 7) is 1.16. The van der Waals surface area contributed by atoms with Crippen molar-refractivity contribution in [3.05, 3.63) is 33.8 Å². The molecule has 3 rings (SSSR count). The first-order valence-electron chi connectivity index (χ1n) is 5.92. The maximum Gasteiger partial charge on any atom is 0.0595 e. The zero-order valence-corrected chi connectivity index (χ0v) is 10.6. The number of nitrogens with one attached hydrogen (secondary N) is 1. The third kappa shape index (κ3) is 2.37. The average Bonchev–Trinajstić information content (AvgIpc) is 3.13. The van der Waals surface area contributed by atoms with E-state index < -0.39 is 0 Å². The van der Waals surface area contributed by atoms with Crippen LogP contribution in [0.4, 0.5) is 0 Å². The van der Waals surface area contributed by atoms with E-state index in [0.29, 0.717) is 16.0 Å². The van der Waals surface area contributed by atoms with Crippen LogP contribution in [-0.2, 0) is 0 Å². The summed E-state index contributed by atoms with van der Waals surface area (Å²) in [5.41, 5.74) is 1.34. The van der Waals surface area contributed by atoms with E-state index in [9.17, 15) is 0 Å². The smallest absolute Gasteiger partial charge is 0.0595 e. The Labute approximate surface area is 106 Å².